The highest BCUT2D eigenvalue weighted by Crippen LogP contribution is 2.38. The fraction of sp³-hybridized carbons (Fsp3) is 0.588. The van der Waals surface area contributed by atoms with E-state index in [0.717, 1.165) is 54.9 Å². The first-order valence-electron chi connectivity index (χ1n) is 15.6. The molecule has 242 valence electrons. The number of nitrogens with one attached hydrogen (secondary N) is 1. The Bertz CT molecular complexity index is 1250. The number of carboxylic acid groups (broad SMARTS) is 1. The molecule has 0 bridgehead atoms. The molecule has 9 nitrogen and oxygen atoms in total. The third-order valence-electron chi connectivity index (χ3n) is 7.51. The lowest BCUT2D eigenvalue weighted by Gasteiger charge is -2.40. The van der Waals surface area contributed by atoms with E-state index in [1.54, 1.807) is 12.3 Å². The Balaban J connectivity index is 1.82. The van der Waals surface area contributed by atoms with Gasteiger partial charge in [-0.1, -0.05) is 38.4 Å². The van der Waals surface area contributed by atoms with Gasteiger partial charge in [0.2, 0.25) is 0 Å². The van der Waals surface area contributed by atoms with Gasteiger partial charge in [0.25, 0.3) is 0 Å². The molecule has 2 N–H and O–H groups in total. The van der Waals surface area contributed by atoms with Gasteiger partial charge in [-0.3, -0.25) is 14.4 Å². The van der Waals surface area contributed by atoms with Crippen molar-refractivity contribution in [3.8, 4) is 0 Å². The Kier molecular flexibility index (Phi) is 12.9. The third kappa shape index (κ3) is 11.6. The number of carboxylic acids is 1. The molecule has 3 rings (SSSR count). The summed E-state index contributed by atoms with van der Waals surface area (Å²) in [6.07, 6.45) is 5.41. The average Bonchev–Trinajstić information content (AvgIpc) is 2.92. The molecule has 1 aromatic heterocycles. The van der Waals surface area contributed by atoms with Gasteiger partial charge in [-0.25, -0.2) is 4.98 Å². The normalized spacial score (nSPS) is 17.5. The Labute approximate surface area is 266 Å². The first-order chi connectivity index (χ1) is 20.7. The molecule has 1 aliphatic carbocycles. The van der Waals surface area contributed by atoms with Crippen LogP contribution in [0, 0.1) is 5.92 Å². The summed E-state index contributed by atoms with van der Waals surface area (Å²) >= 11 is 6.05. The van der Waals surface area contributed by atoms with Gasteiger partial charge in [-0.05, 0) is 94.5 Å². The maximum absolute atomic E-state index is 12.6. The number of ether oxygens (including phenoxy) is 2. The summed E-state index contributed by atoms with van der Waals surface area (Å²) in [6, 6.07) is 10.2. The Hall–Kier alpha value is -3.33. The first kappa shape index (κ1) is 35.2. The molecule has 0 aliphatic heterocycles. The zero-order valence-corrected chi connectivity index (χ0v) is 27.7. The summed E-state index contributed by atoms with van der Waals surface area (Å²) in [5, 5.41) is 12.8. The van der Waals surface area contributed by atoms with E-state index in [0.29, 0.717) is 11.1 Å². The average molecular weight is 630 g/mol. The van der Waals surface area contributed by atoms with Crippen LogP contribution >= 0.6 is 11.6 Å². The van der Waals surface area contributed by atoms with Gasteiger partial charge in [0.15, 0.2) is 0 Å². The van der Waals surface area contributed by atoms with E-state index < -0.39 is 11.6 Å². The number of aromatic nitrogens is 1. The fourth-order valence-corrected chi connectivity index (χ4v) is 5.62. The number of benzene rings is 1. The molecular formula is C34H48ClN3O6. The molecule has 1 aliphatic rings. The summed E-state index contributed by atoms with van der Waals surface area (Å²) in [5.41, 5.74) is 3.25. The maximum Gasteiger partial charge on any atom is 0.306 e. The quantitative estimate of drug-likeness (QED) is 0.159. The SMILES string of the molecule is CC(C)CN(c1ccc(C(C)CC(=O)OC(C)(C)C)cc1Nc1ccc(Cl)nc1)[C@H]1CC[C@H](OC(=O)CCCC(=O)O)CC1. The number of pyridine rings is 1. The number of esters is 2. The van der Waals surface area contributed by atoms with E-state index in [-0.39, 0.29) is 55.7 Å². The summed E-state index contributed by atoms with van der Waals surface area (Å²) in [7, 11) is 0. The molecule has 1 aromatic carbocycles. The van der Waals surface area contributed by atoms with Crippen LogP contribution < -0.4 is 10.2 Å². The molecule has 1 saturated carbocycles. The molecule has 0 radical (unpaired) electrons. The van der Waals surface area contributed by atoms with Crippen LogP contribution in [0.2, 0.25) is 5.15 Å². The van der Waals surface area contributed by atoms with E-state index in [1.807, 2.05) is 33.8 Å². The second-order valence-corrected chi connectivity index (χ2v) is 13.6. The molecule has 1 unspecified atom stereocenters. The van der Waals surface area contributed by atoms with Crippen LogP contribution in [0.25, 0.3) is 0 Å². The number of nitrogens with zero attached hydrogens (tertiary/aromatic N) is 2. The molecule has 44 heavy (non-hydrogen) atoms. The Morgan fingerprint density at radius 3 is 2.34 bits per heavy atom. The van der Waals surface area contributed by atoms with Gasteiger partial charge < -0.3 is 24.8 Å². The first-order valence-corrected chi connectivity index (χ1v) is 16.0. The van der Waals surface area contributed by atoms with Gasteiger partial charge in [0.05, 0.1) is 29.7 Å². The van der Waals surface area contributed by atoms with Crippen molar-refractivity contribution in [2.45, 2.75) is 117 Å². The highest BCUT2D eigenvalue weighted by Gasteiger charge is 2.30. The number of anilines is 3. The van der Waals surface area contributed by atoms with Crippen LogP contribution in [-0.2, 0) is 23.9 Å². The molecular weight excluding hydrogens is 582 g/mol. The van der Waals surface area contributed by atoms with Crippen molar-refractivity contribution in [3.05, 3.63) is 47.2 Å². The molecule has 0 spiro atoms. The fourth-order valence-electron chi connectivity index (χ4n) is 5.51. The van der Waals surface area contributed by atoms with E-state index in [2.05, 4.69) is 47.2 Å². The Morgan fingerprint density at radius 2 is 1.75 bits per heavy atom. The minimum Gasteiger partial charge on any atom is -0.481 e. The molecule has 0 amide bonds. The van der Waals surface area contributed by atoms with Crippen molar-refractivity contribution in [1.82, 2.24) is 4.98 Å². The lowest BCUT2D eigenvalue weighted by Crippen LogP contribution is -2.42. The van der Waals surface area contributed by atoms with E-state index in [4.69, 9.17) is 26.2 Å². The predicted molar refractivity (Wildman–Crippen MR) is 174 cm³/mol. The van der Waals surface area contributed by atoms with Gasteiger partial charge in [0, 0.05) is 25.4 Å². The molecule has 1 heterocycles. The van der Waals surface area contributed by atoms with Crippen molar-refractivity contribution < 1.29 is 29.0 Å². The van der Waals surface area contributed by atoms with Crippen LogP contribution in [0.3, 0.4) is 0 Å². The molecule has 1 fully saturated rings. The van der Waals surface area contributed by atoms with Gasteiger partial charge in [0.1, 0.15) is 16.9 Å². The van der Waals surface area contributed by atoms with Gasteiger partial charge >= 0.3 is 17.9 Å². The number of aliphatic carboxylic acids is 1. The topological polar surface area (TPSA) is 118 Å². The minimum absolute atomic E-state index is 0.0347. The monoisotopic (exact) mass is 629 g/mol. The Morgan fingerprint density at radius 1 is 1.05 bits per heavy atom. The number of carbonyl (C=O) groups excluding carboxylic acids is 2. The van der Waals surface area contributed by atoms with Crippen LogP contribution in [0.1, 0.15) is 104 Å². The highest BCUT2D eigenvalue weighted by atomic mass is 35.5. The number of hydrogen-bond donors (Lipinski definition) is 2. The summed E-state index contributed by atoms with van der Waals surface area (Å²) in [5.74, 6) is -1.12. The minimum atomic E-state index is -0.907. The smallest absolute Gasteiger partial charge is 0.306 e. The van der Waals surface area contributed by atoms with Gasteiger partial charge in [-0.2, -0.15) is 0 Å². The summed E-state index contributed by atoms with van der Waals surface area (Å²) in [6.45, 7) is 12.9. The second-order valence-electron chi connectivity index (χ2n) is 13.2. The highest BCUT2D eigenvalue weighted by molar-refractivity contribution is 6.29. The number of hydrogen-bond acceptors (Lipinski definition) is 8. The largest absolute Gasteiger partial charge is 0.481 e. The lowest BCUT2D eigenvalue weighted by molar-refractivity contribution is -0.155. The second kappa shape index (κ2) is 16.1. The van der Waals surface area contributed by atoms with Gasteiger partial charge in [-0.15, -0.1) is 0 Å². The number of rotatable bonds is 14. The molecule has 10 heteroatoms. The molecule has 2 aromatic rings. The van der Waals surface area contributed by atoms with Crippen molar-refractivity contribution in [1.29, 1.82) is 0 Å². The van der Waals surface area contributed by atoms with Crippen molar-refractivity contribution in [2.75, 3.05) is 16.8 Å². The standard InChI is InChI=1S/C34H48ClN3O6/c1-22(2)21-38(26-12-14-27(15-13-26)43-32(41)9-7-8-31(39)40)29-16-10-24(23(3)18-33(42)44-34(4,5)6)19-28(29)37-25-11-17-30(35)36-20-25/h10-11,16-17,19-20,22-23,26-27,37H,7-9,12-15,18,21H2,1-6H3,(H,39,40)/t23?,26-,27-. The van der Waals surface area contributed by atoms with E-state index >= 15 is 0 Å². The maximum atomic E-state index is 12.6. The van der Waals surface area contributed by atoms with Crippen molar-refractivity contribution in [2.24, 2.45) is 5.92 Å². The zero-order valence-electron chi connectivity index (χ0n) is 26.9. The number of carbonyl (C=O) groups is 3. The van der Waals surface area contributed by atoms with E-state index in [1.165, 1.54) is 0 Å². The van der Waals surface area contributed by atoms with Crippen LogP contribution in [0.5, 0.6) is 0 Å². The summed E-state index contributed by atoms with van der Waals surface area (Å²) < 4.78 is 11.3. The van der Waals surface area contributed by atoms with Crippen molar-refractivity contribution >= 4 is 46.6 Å². The van der Waals surface area contributed by atoms with Crippen LogP contribution in [0.15, 0.2) is 36.5 Å². The lowest BCUT2D eigenvalue weighted by atomic mass is 9.90. The molecule has 0 saturated heterocycles. The van der Waals surface area contributed by atoms with Crippen LogP contribution in [0.4, 0.5) is 17.1 Å². The predicted octanol–water partition coefficient (Wildman–Crippen LogP) is 7.89. The van der Waals surface area contributed by atoms with Crippen LogP contribution in [-0.4, -0.2) is 52.3 Å². The zero-order chi connectivity index (χ0) is 32.4. The summed E-state index contributed by atoms with van der Waals surface area (Å²) in [4.78, 5) is 42.3. The van der Waals surface area contributed by atoms with Crippen molar-refractivity contribution in [3.63, 3.8) is 0 Å². The van der Waals surface area contributed by atoms with E-state index in [9.17, 15) is 14.4 Å². The molecule has 1 atom stereocenters. The third-order valence-corrected chi connectivity index (χ3v) is 7.74. The number of halogens is 1.